The molecule has 0 fully saturated rings. The van der Waals surface area contributed by atoms with Crippen molar-refractivity contribution in [3.63, 3.8) is 0 Å². The summed E-state index contributed by atoms with van der Waals surface area (Å²) in [6, 6.07) is 18.4. The molecule has 9 nitrogen and oxygen atoms in total. The molecule has 0 bridgehead atoms. The Bertz CT molecular complexity index is 1270. The average molecular weight is 447 g/mol. The molecule has 0 atom stereocenters. The Labute approximate surface area is 187 Å². The first-order valence-corrected chi connectivity index (χ1v) is 9.88. The summed E-state index contributed by atoms with van der Waals surface area (Å²) in [5, 5.41) is 14.1. The lowest BCUT2D eigenvalue weighted by Gasteiger charge is -2.10. The van der Waals surface area contributed by atoms with E-state index in [4.69, 9.17) is 9.15 Å². The maximum Gasteiger partial charge on any atom is 0.357 e. The summed E-state index contributed by atoms with van der Waals surface area (Å²) in [6.45, 7) is -0.616. The van der Waals surface area contributed by atoms with E-state index in [0.717, 1.165) is 0 Å². The third-order valence-corrected chi connectivity index (χ3v) is 4.53. The first-order valence-electron chi connectivity index (χ1n) is 9.88. The maximum atomic E-state index is 13.7. The van der Waals surface area contributed by atoms with Crippen molar-refractivity contribution in [3.05, 3.63) is 90.1 Å². The molecule has 0 aliphatic carbocycles. The lowest BCUT2D eigenvalue weighted by atomic mass is 10.2. The van der Waals surface area contributed by atoms with Crippen LogP contribution in [-0.4, -0.2) is 38.7 Å². The Morgan fingerprint density at radius 1 is 1.06 bits per heavy atom. The summed E-state index contributed by atoms with van der Waals surface area (Å²) >= 11 is 0. The molecular weight excluding hydrogens is 429 g/mol. The Kier molecular flexibility index (Phi) is 6.64. The highest BCUT2D eigenvalue weighted by atomic mass is 19.1. The summed E-state index contributed by atoms with van der Waals surface area (Å²) in [7, 11) is 0. The summed E-state index contributed by atoms with van der Waals surface area (Å²) in [6.07, 6.45) is 2.85. The maximum absolute atomic E-state index is 13.7. The van der Waals surface area contributed by atoms with Gasteiger partial charge in [-0.05, 0) is 28.6 Å². The highest BCUT2D eigenvalue weighted by molar-refractivity contribution is 6.15. The number of benzene rings is 2. The molecule has 0 aliphatic rings. The van der Waals surface area contributed by atoms with Crippen molar-refractivity contribution in [3.8, 4) is 11.4 Å². The number of halogens is 1. The van der Waals surface area contributed by atoms with Gasteiger partial charge in [0.25, 0.3) is 5.91 Å². The quantitative estimate of drug-likeness (QED) is 0.326. The zero-order valence-corrected chi connectivity index (χ0v) is 17.2. The molecule has 0 radical (unpaired) electrons. The number of carbonyl (C=O) groups excluding carboxylic acids is 2. The average Bonchev–Trinajstić information content (AvgIpc) is 3.53. The van der Waals surface area contributed by atoms with Crippen LogP contribution >= 0.6 is 0 Å². The van der Waals surface area contributed by atoms with Gasteiger partial charge in [-0.3, -0.25) is 4.79 Å². The van der Waals surface area contributed by atoms with Gasteiger partial charge in [0.2, 0.25) is 0 Å². The lowest BCUT2D eigenvalue weighted by Crippen LogP contribution is -2.29. The van der Waals surface area contributed by atoms with E-state index in [9.17, 15) is 14.0 Å². The molecule has 33 heavy (non-hydrogen) atoms. The molecule has 0 saturated carbocycles. The largest absolute Gasteiger partial charge is 0.465 e. The number of hydrogen-bond acceptors (Lipinski definition) is 7. The molecule has 0 saturated heterocycles. The third kappa shape index (κ3) is 5.37. The van der Waals surface area contributed by atoms with Crippen LogP contribution in [0.3, 0.4) is 0 Å². The molecule has 0 spiro atoms. The molecule has 1 amide bonds. The van der Waals surface area contributed by atoms with Gasteiger partial charge in [0.05, 0.1) is 6.26 Å². The van der Waals surface area contributed by atoms with Gasteiger partial charge < -0.3 is 14.5 Å². The van der Waals surface area contributed by atoms with Crippen molar-refractivity contribution < 1.29 is 23.1 Å². The van der Waals surface area contributed by atoms with E-state index < -0.39 is 24.3 Å². The van der Waals surface area contributed by atoms with Gasteiger partial charge in [-0.1, -0.05) is 48.5 Å². The van der Waals surface area contributed by atoms with Gasteiger partial charge in [0, 0.05) is 23.7 Å². The number of nitrogens with one attached hydrogen (secondary N) is 1. The predicted octanol–water partition coefficient (Wildman–Crippen LogP) is 2.93. The summed E-state index contributed by atoms with van der Waals surface area (Å²) in [4.78, 5) is 25.0. The number of carbonyl (C=O) groups is 2. The lowest BCUT2D eigenvalue weighted by molar-refractivity contribution is -0.143. The monoisotopic (exact) mass is 447 g/mol. The van der Waals surface area contributed by atoms with Crippen LogP contribution in [-0.2, 0) is 20.9 Å². The van der Waals surface area contributed by atoms with Crippen molar-refractivity contribution in [1.82, 2.24) is 25.5 Å². The van der Waals surface area contributed by atoms with E-state index in [1.165, 1.54) is 23.1 Å². The number of hydrogen-bond donors (Lipinski definition) is 1. The topological polar surface area (TPSA) is 112 Å². The van der Waals surface area contributed by atoms with Crippen molar-refractivity contribution >= 4 is 23.6 Å². The molecule has 2 heterocycles. The van der Waals surface area contributed by atoms with Crippen LogP contribution in [0.5, 0.6) is 0 Å². The summed E-state index contributed by atoms with van der Waals surface area (Å²) < 4.78 is 25.4. The zero-order chi connectivity index (χ0) is 23.0. The Hall–Kier alpha value is -4.60. The van der Waals surface area contributed by atoms with Gasteiger partial charge in [0.1, 0.15) is 11.6 Å². The van der Waals surface area contributed by atoms with Crippen molar-refractivity contribution in [2.45, 2.75) is 6.54 Å². The predicted molar refractivity (Wildman–Crippen MR) is 115 cm³/mol. The number of tetrazole rings is 1. The van der Waals surface area contributed by atoms with Gasteiger partial charge in [-0.15, -0.1) is 5.10 Å². The van der Waals surface area contributed by atoms with Crippen LogP contribution < -0.4 is 5.32 Å². The minimum atomic E-state index is -0.850. The fraction of sp³-hybridized carbons (Fsp3) is 0.0870. The molecule has 4 rings (SSSR count). The molecule has 166 valence electrons. The van der Waals surface area contributed by atoms with Crippen molar-refractivity contribution in [2.24, 2.45) is 0 Å². The molecule has 2 aromatic carbocycles. The van der Waals surface area contributed by atoms with Crippen LogP contribution in [0.4, 0.5) is 4.39 Å². The van der Waals surface area contributed by atoms with E-state index in [1.807, 2.05) is 18.2 Å². The second-order valence-corrected chi connectivity index (χ2v) is 6.77. The van der Waals surface area contributed by atoms with E-state index in [-0.39, 0.29) is 12.2 Å². The molecule has 0 aliphatic heterocycles. The van der Waals surface area contributed by atoms with Crippen LogP contribution in [0, 0.1) is 5.82 Å². The van der Waals surface area contributed by atoms with Crippen molar-refractivity contribution in [2.75, 3.05) is 6.61 Å². The van der Waals surface area contributed by atoms with E-state index in [0.29, 0.717) is 22.7 Å². The van der Waals surface area contributed by atoms with Crippen molar-refractivity contribution in [1.29, 1.82) is 0 Å². The number of esters is 1. The number of amides is 1. The number of rotatable bonds is 8. The molecule has 0 unspecified atom stereocenters. The highest BCUT2D eigenvalue weighted by Gasteiger charge is 2.22. The SMILES string of the molecule is O=C(COC(=O)/C(=C/c1ccco1)n1nnnc1-c1ccccc1)NCc1ccccc1F. The second-order valence-electron chi connectivity index (χ2n) is 6.77. The normalized spacial score (nSPS) is 11.2. The summed E-state index contributed by atoms with van der Waals surface area (Å²) in [5.41, 5.74) is 0.927. The molecular formula is C23H18FN5O4. The highest BCUT2D eigenvalue weighted by Crippen LogP contribution is 2.21. The van der Waals surface area contributed by atoms with Gasteiger partial charge in [-0.2, -0.15) is 4.68 Å². The number of ether oxygens (including phenoxy) is 1. The van der Waals surface area contributed by atoms with Gasteiger partial charge in [-0.25, -0.2) is 9.18 Å². The number of aromatic nitrogens is 4. The molecule has 10 heteroatoms. The fourth-order valence-corrected chi connectivity index (χ4v) is 2.92. The Morgan fingerprint density at radius 3 is 2.61 bits per heavy atom. The van der Waals surface area contributed by atoms with E-state index in [2.05, 4.69) is 20.8 Å². The van der Waals surface area contributed by atoms with Gasteiger partial charge >= 0.3 is 5.97 Å². The fourth-order valence-electron chi connectivity index (χ4n) is 2.92. The summed E-state index contributed by atoms with van der Waals surface area (Å²) in [5.74, 6) is -1.22. The van der Waals surface area contributed by atoms with Crippen LogP contribution in [0.1, 0.15) is 11.3 Å². The minimum Gasteiger partial charge on any atom is -0.465 e. The van der Waals surface area contributed by atoms with Crippen LogP contribution in [0.15, 0.2) is 77.4 Å². The minimum absolute atomic E-state index is 0.0384. The van der Waals surface area contributed by atoms with E-state index in [1.54, 1.807) is 42.5 Å². The zero-order valence-electron chi connectivity index (χ0n) is 17.2. The Balaban J connectivity index is 1.50. The number of furan rings is 1. The standard InChI is InChI=1S/C23H18FN5O4/c24-19-11-5-4-9-17(19)14-25-21(30)15-33-23(31)20(13-18-10-6-12-32-18)29-22(26-27-28-29)16-7-2-1-3-8-16/h1-13H,14-15H2,(H,25,30)/b20-13-. The van der Waals surface area contributed by atoms with Crippen LogP contribution in [0.25, 0.3) is 23.2 Å². The first kappa shape index (κ1) is 21.6. The number of nitrogens with zero attached hydrogens (tertiary/aromatic N) is 4. The van der Waals surface area contributed by atoms with E-state index >= 15 is 0 Å². The third-order valence-electron chi connectivity index (χ3n) is 4.53. The molecule has 4 aromatic rings. The first-order chi connectivity index (χ1) is 16.1. The molecule has 1 N–H and O–H groups in total. The smallest absolute Gasteiger partial charge is 0.357 e. The molecule has 2 aromatic heterocycles. The van der Waals surface area contributed by atoms with Gasteiger partial charge in [0.15, 0.2) is 18.1 Å². The van der Waals surface area contributed by atoms with Crippen LogP contribution in [0.2, 0.25) is 0 Å². The Morgan fingerprint density at radius 2 is 1.85 bits per heavy atom. The second kappa shape index (κ2) is 10.1.